The van der Waals surface area contributed by atoms with Gasteiger partial charge in [0.25, 0.3) is 0 Å². The van der Waals surface area contributed by atoms with Crippen LogP contribution in [0.5, 0.6) is 0 Å². The molecule has 0 aliphatic rings. The molecule has 2 aromatic rings. The van der Waals surface area contributed by atoms with E-state index in [4.69, 9.17) is 5.73 Å². The second-order valence-corrected chi connectivity index (χ2v) is 5.47. The van der Waals surface area contributed by atoms with Gasteiger partial charge in [0.1, 0.15) is 6.04 Å². The van der Waals surface area contributed by atoms with Crippen molar-refractivity contribution in [2.45, 2.75) is 25.3 Å². The molecule has 24 heavy (non-hydrogen) atoms. The largest absolute Gasteiger partial charge is 0.368 e. The molecule has 0 aliphatic heterocycles. The Hall–Kier alpha value is -2.76. The average Bonchev–Trinajstić information content (AvgIpc) is 2.55. The molecule has 0 bridgehead atoms. The highest BCUT2D eigenvalue weighted by Crippen LogP contribution is 2.10. The van der Waals surface area contributed by atoms with E-state index < -0.39 is 29.5 Å². The maximum Gasteiger partial charge on any atom is 0.240 e. The van der Waals surface area contributed by atoms with Gasteiger partial charge in [-0.2, -0.15) is 0 Å². The summed E-state index contributed by atoms with van der Waals surface area (Å²) in [5.74, 6) is -3.10. The van der Waals surface area contributed by atoms with Gasteiger partial charge in [-0.25, -0.2) is 8.78 Å². The molecule has 0 saturated carbocycles. The van der Waals surface area contributed by atoms with E-state index >= 15 is 0 Å². The highest BCUT2D eigenvalue weighted by Gasteiger charge is 2.18. The van der Waals surface area contributed by atoms with Gasteiger partial charge in [0.2, 0.25) is 11.8 Å². The Kier molecular flexibility index (Phi) is 6.01. The first-order chi connectivity index (χ1) is 11.5. The first kappa shape index (κ1) is 17.6. The molecule has 0 radical (unpaired) electrons. The number of carbonyl (C=O) groups is 2. The van der Waals surface area contributed by atoms with Gasteiger partial charge in [-0.3, -0.25) is 9.59 Å². The molecule has 0 spiro atoms. The Balaban J connectivity index is 1.92. The summed E-state index contributed by atoms with van der Waals surface area (Å²) in [6.07, 6.45) is 0.787. The lowest BCUT2D eigenvalue weighted by molar-refractivity contribution is -0.127. The average molecular weight is 332 g/mol. The van der Waals surface area contributed by atoms with Crippen molar-refractivity contribution in [1.82, 2.24) is 5.32 Å². The zero-order valence-corrected chi connectivity index (χ0v) is 13.0. The van der Waals surface area contributed by atoms with E-state index in [1.54, 1.807) is 0 Å². The maximum absolute atomic E-state index is 13.1. The van der Waals surface area contributed by atoms with Gasteiger partial charge in [-0.15, -0.1) is 0 Å². The standard InChI is InChI=1S/C18H18F2N2O2/c19-14-8-6-13(10-15(14)20)11-17(23)22-16(18(21)24)9-7-12-4-2-1-3-5-12/h1-6,8,10,16H,7,9,11H2,(H2,21,24)(H,22,23)/t16-/m1/s1. The van der Waals surface area contributed by atoms with E-state index in [0.717, 1.165) is 17.7 Å². The number of nitrogens with two attached hydrogens (primary N) is 1. The van der Waals surface area contributed by atoms with E-state index in [0.29, 0.717) is 18.4 Å². The number of hydrogen-bond acceptors (Lipinski definition) is 2. The normalized spacial score (nSPS) is 11.8. The minimum atomic E-state index is -1.02. The summed E-state index contributed by atoms with van der Waals surface area (Å²) in [4.78, 5) is 23.5. The van der Waals surface area contributed by atoms with Gasteiger partial charge < -0.3 is 11.1 Å². The highest BCUT2D eigenvalue weighted by molar-refractivity contribution is 5.87. The minimum absolute atomic E-state index is 0.160. The third-order valence-corrected chi connectivity index (χ3v) is 3.59. The molecule has 0 aliphatic carbocycles. The molecule has 0 heterocycles. The van der Waals surface area contributed by atoms with Crippen LogP contribution in [0.1, 0.15) is 17.5 Å². The first-order valence-electron chi connectivity index (χ1n) is 7.52. The zero-order chi connectivity index (χ0) is 17.5. The minimum Gasteiger partial charge on any atom is -0.368 e. The van der Waals surface area contributed by atoms with Crippen LogP contribution < -0.4 is 11.1 Å². The molecule has 1 atom stereocenters. The molecule has 2 aromatic carbocycles. The third-order valence-electron chi connectivity index (χ3n) is 3.59. The van der Waals surface area contributed by atoms with Crippen molar-refractivity contribution in [2.75, 3.05) is 0 Å². The molecule has 2 amide bonds. The van der Waals surface area contributed by atoms with Crippen molar-refractivity contribution in [3.8, 4) is 0 Å². The van der Waals surface area contributed by atoms with Crippen LogP contribution in [0.2, 0.25) is 0 Å². The maximum atomic E-state index is 13.1. The van der Waals surface area contributed by atoms with Gasteiger partial charge in [-0.1, -0.05) is 36.4 Å². The Morgan fingerprint density at radius 1 is 1.00 bits per heavy atom. The third kappa shape index (κ3) is 5.15. The lowest BCUT2D eigenvalue weighted by atomic mass is 10.0. The quantitative estimate of drug-likeness (QED) is 0.815. The Bertz CT molecular complexity index is 720. The van der Waals surface area contributed by atoms with E-state index in [2.05, 4.69) is 5.32 Å². The van der Waals surface area contributed by atoms with Crippen LogP contribution in [0.25, 0.3) is 0 Å². The van der Waals surface area contributed by atoms with E-state index in [9.17, 15) is 18.4 Å². The van der Waals surface area contributed by atoms with Crippen molar-refractivity contribution < 1.29 is 18.4 Å². The van der Waals surface area contributed by atoms with E-state index in [1.165, 1.54) is 6.07 Å². The lowest BCUT2D eigenvalue weighted by Gasteiger charge is -2.15. The van der Waals surface area contributed by atoms with Crippen LogP contribution in [0.15, 0.2) is 48.5 Å². The number of nitrogens with one attached hydrogen (secondary N) is 1. The SMILES string of the molecule is NC(=O)[C@@H](CCc1ccccc1)NC(=O)Cc1ccc(F)c(F)c1. The summed E-state index contributed by atoms with van der Waals surface area (Å²) < 4.78 is 26.0. The Morgan fingerprint density at radius 2 is 1.71 bits per heavy atom. The first-order valence-corrected chi connectivity index (χ1v) is 7.52. The van der Waals surface area contributed by atoms with E-state index in [-0.39, 0.29) is 6.42 Å². The molecular weight excluding hydrogens is 314 g/mol. The van der Waals surface area contributed by atoms with Crippen molar-refractivity contribution in [2.24, 2.45) is 5.73 Å². The summed E-state index contributed by atoms with van der Waals surface area (Å²) in [6, 6.07) is 11.9. The Labute approximate surface area is 138 Å². The highest BCUT2D eigenvalue weighted by atomic mass is 19.2. The van der Waals surface area contributed by atoms with Crippen LogP contribution in [-0.2, 0) is 22.4 Å². The van der Waals surface area contributed by atoms with Crippen LogP contribution >= 0.6 is 0 Å². The monoisotopic (exact) mass is 332 g/mol. The smallest absolute Gasteiger partial charge is 0.240 e. The number of hydrogen-bond donors (Lipinski definition) is 2. The van der Waals surface area contributed by atoms with Crippen LogP contribution in [0, 0.1) is 11.6 Å². The summed E-state index contributed by atoms with van der Waals surface area (Å²) in [5, 5.41) is 2.54. The van der Waals surface area contributed by atoms with Crippen molar-refractivity contribution in [3.63, 3.8) is 0 Å². The van der Waals surface area contributed by atoms with Crippen LogP contribution in [0.3, 0.4) is 0 Å². The molecular formula is C18H18F2N2O2. The second kappa shape index (κ2) is 8.19. The van der Waals surface area contributed by atoms with Gasteiger partial charge in [0.15, 0.2) is 11.6 Å². The molecule has 126 valence electrons. The molecule has 2 rings (SSSR count). The van der Waals surface area contributed by atoms with Crippen LogP contribution in [0.4, 0.5) is 8.78 Å². The number of primary amides is 1. The number of amides is 2. The number of benzene rings is 2. The summed E-state index contributed by atoms with van der Waals surface area (Å²) >= 11 is 0. The molecule has 0 aromatic heterocycles. The predicted molar refractivity (Wildman–Crippen MR) is 86.0 cm³/mol. The van der Waals surface area contributed by atoms with Crippen molar-refractivity contribution >= 4 is 11.8 Å². The number of carbonyl (C=O) groups excluding carboxylic acids is 2. The predicted octanol–water partition coefficient (Wildman–Crippen LogP) is 2.11. The topological polar surface area (TPSA) is 72.2 Å². The number of halogens is 2. The summed E-state index contributed by atoms with van der Waals surface area (Å²) in [7, 11) is 0. The molecule has 6 heteroatoms. The van der Waals surface area contributed by atoms with Crippen LogP contribution in [-0.4, -0.2) is 17.9 Å². The molecule has 3 N–H and O–H groups in total. The molecule has 0 saturated heterocycles. The van der Waals surface area contributed by atoms with E-state index in [1.807, 2.05) is 30.3 Å². The van der Waals surface area contributed by atoms with Gasteiger partial charge in [0, 0.05) is 0 Å². The van der Waals surface area contributed by atoms with Gasteiger partial charge in [0.05, 0.1) is 6.42 Å². The van der Waals surface area contributed by atoms with Gasteiger partial charge in [-0.05, 0) is 36.1 Å². The fourth-order valence-corrected chi connectivity index (χ4v) is 2.32. The van der Waals surface area contributed by atoms with Crippen molar-refractivity contribution in [1.29, 1.82) is 0 Å². The fourth-order valence-electron chi connectivity index (χ4n) is 2.32. The fraction of sp³-hybridized carbons (Fsp3) is 0.222. The zero-order valence-electron chi connectivity index (χ0n) is 13.0. The number of aryl methyl sites for hydroxylation is 1. The lowest BCUT2D eigenvalue weighted by Crippen LogP contribution is -2.45. The summed E-state index contributed by atoms with van der Waals surface area (Å²) in [5.41, 5.74) is 6.67. The van der Waals surface area contributed by atoms with Crippen molar-refractivity contribution in [3.05, 3.63) is 71.3 Å². The summed E-state index contributed by atoms with van der Waals surface area (Å²) in [6.45, 7) is 0. The second-order valence-electron chi connectivity index (χ2n) is 5.47. The van der Waals surface area contributed by atoms with Gasteiger partial charge >= 0.3 is 0 Å². The molecule has 4 nitrogen and oxygen atoms in total. The molecule has 0 unspecified atom stereocenters. The Morgan fingerprint density at radius 3 is 2.33 bits per heavy atom. The molecule has 0 fully saturated rings. The number of rotatable bonds is 7.